The highest BCUT2D eigenvalue weighted by Crippen LogP contribution is 2.10. The Morgan fingerprint density at radius 1 is 1.48 bits per heavy atom. The fourth-order valence-electron chi connectivity index (χ4n) is 2.42. The van der Waals surface area contributed by atoms with Gasteiger partial charge in [0.1, 0.15) is 5.82 Å². The second kappa shape index (κ2) is 5.63. The summed E-state index contributed by atoms with van der Waals surface area (Å²) in [4.78, 5) is 32.0. The van der Waals surface area contributed by atoms with Gasteiger partial charge in [0.15, 0.2) is 6.10 Å². The van der Waals surface area contributed by atoms with Gasteiger partial charge in [-0.15, -0.1) is 0 Å². The standard InChI is InChI=1S/C14H15N3O4/c18-13-9-3-1-2-4-10(9)15-12(16-13)8-17-5-6-21-11(7-17)14(19)20/h1-4,11H,5-8H2,(H,19,20)(H,15,16,18)/t11-/m1/s1. The molecule has 7 heteroatoms. The molecule has 1 atom stereocenters. The predicted molar refractivity (Wildman–Crippen MR) is 75.0 cm³/mol. The molecule has 0 saturated carbocycles. The molecule has 0 aliphatic carbocycles. The number of fused-ring (bicyclic) bond motifs is 1. The molecular formula is C14H15N3O4. The van der Waals surface area contributed by atoms with Crippen molar-refractivity contribution in [3.05, 3.63) is 40.4 Å². The van der Waals surface area contributed by atoms with E-state index in [1.807, 2.05) is 11.0 Å². The number of para-hydroxylation sites is 1. The number of hydrogen-bond acceptors (Lipinski definition) is 5. The molecule has 1 fully saturated rings. The molecule has 0 spiro atoms. The number of H-pyrrole nitrogens is 1. The van der Waals surface area contributed by atoms with Crippen LogP contribution in [0.3, 0.4) is 0 Å². The van der Waals surface area contributed by atoms with E-state index in [0.717, 1.165) is 0 Å². The maximum absolute atomic E-state index is 12.0. The zero-order valence-corrected chi connectivity index (χ0v) is 11.3. The lowest BCUT2D eigenvalue weighted by Gasteiger charge is -2.30. The number of rotatable bonds is 3. The number of nitrogens with zero attached hydrogens (tertiary/aromatic N) is 2. The first kappa shape index (κ1) is 13.7. The first-order chi connectivity index (χ1) is 10.1. The monoisotopic (exact) mass is 289 g/mol. The Balaban J connectivity index is 1.81. The minimum atomic E-state index is -0.973. The Labute approximate surface area is 120 Å². The number of hydrogen-bond donors (Lipinski definition) is 2. The molecule has 7 nitrogen and oxygen atoms in total. The molecule has 0 radical (unpaired) electrons. The normalized spacial score (nSPS) is 19.7. The van der Waals surface area contributed by atoms with Crippen molar-refractivity contribution in [2.75, 3.05) is 19.7 Å². The number of carboxylic acid groups (broad SMARTS) is 1. The van der Waals surface area contributed by atoms with Crippen molar-refractivity contribution in [1.82, 2.24) is 14.9 Å². The summed E-state index contributed by atoms with van der Waals surface area (Å²) in [5.74, 6) is -0.440. The molecule has 110 valence electrons. The average molecular weight is 289 g/mol. The van der Waals surface area contributed by atoms with E-state index in [0.29, 0.717) is 36.4 Å². The number of aromatic nitrogens is 2. The van der Waals surface area contributed by atoms with Crippen molar-refractivity contribution >= 4 is 16.9 Å². The van der Waals surface area contributed by atoms with Crippen LogP contribution in [0.5, 0.6) is 0 Å². The molecule has 1 aromatic carbocycles. The molecule has 2 aromatic rings. The van der Waals surface area contributed by atoms with E-state index in [1.54, 1.807) is 18.2 Å². The van der Waals surface area contributed by atoms with Crippen LogP contribution in [0, 0.1) is 0 Å². The van der Waals surface area contributed by atoms with Crippen molar-refractivity contribution in [2.45, 2.75) is 12.6 Å². The fourth-order valence-corrected chi connectivity index (χ4v) is 2.42. The van der Waals surface area contributed by atoms with E-state index in [2.05, 4.69) is 9.97 Å². The third-order valence-electron chi connectivity index (χ3n) is 3.46. The lowest BCUT2D eigenvalue weighted by atomic mass is 10.2. The van der Waals surface area contributed by atoms with E-state index in [9.17, 15) is 9.59 Å². The molecule has 1 aliphatic rings. The zero-order chi connectivity index (χ0) is 14.8. The number of morpholine rings is 1. The van der Waals surface area contributed by atoms with Gasteiger partial charge in [0, 0.05) is 13.1 Å². The third kappa shape index (κ3) is 2.93. The number of carboxylic acids is 1. The summed E-state index contributed by atoms with van der Waals surface area (Å²) in [5.41, 5.74) is 0.456. The molecule has 3 rings (SSSR count). The maximum Gasteiger partial charge on any atom is 0.334 e. The smallest absolute Gasteiger partial charge is 0.334 e. The summed E-state index contributed by atoms with van der Waals surface area (Å²) in [6.45, 7) is 1.65. The summed E-state index contributed by atoms with van der Waals surface area (Å²) in [5, 5.41) is 9.53. The Morgan fingerprint density at radius 2 is 2.29 bits per heavy atom. The van der Waals surface area contributed by atoms with Crippen LogP contribution in [0.15, 0.2) is 29.1 Å². The molecule has 1 saturated heterocycles. The van der Waals surface area contributed by atoms with Crippen molar-refractivity contribution in [2.24, 2.45) is 0 Å². The average Bonchev–Trinajstić information content (AvgIpc) is 2.47. The van der Waals surface area contributed by atoms with Crippen LogP contribution < -0.4 is 5.56 Å². The summed E-state index contributed by atoms with van der Waals surface area (Å²) in [6.07, 6.45) is -0.828. The van der Waals surface area contributed by atoms with Crippen LogP contribution in [0.25, 0.3) is 10.9 Å². The molecule has 1 aliphatic heterocycles. The van der Waals surface area contributed by atoms with Gasteiger partial charge in [0.25, 0.3) is 5.56 Å². The number of aliphatic carboxylic acids is 1. The van der Waals surface area contributed by atoms with Gasteiger partial charge < -0.3 is 14.8 Å². The summed E-state index contributed by atoms with van der Waals surface area (Å²) >= 11 is 0. The highest BCUT2D eigenvalue weighted by Gasteiger charge is 2.26. The largest absolute Gasteiger partial charge is 0.479 e. The summed E-state index contributed by atoms with van der Waals surface area (Å²) in [6, 6.07) is 7.12. The zero-order valence-electron chi connectivity index (χ0n) is 11.3. The van der Waals surface area contributed by atoms with E-state index >= 15 is 0 Å². The Hall–Kier alpha value is -2.25. The Kier molecular flexibility index (Phi) is 3.68. The van der Waals surface area contributed by atoms with Crippen molar-refractivity contribution in [1.29, 1.82) is 0 Å². The van der Waals surface area contributed by atoms with Gasteiger partial charge >= 0.3 is 5.97 Å². The lowest BCUT2D eigenvalue weighted by molar-refractivity contribution is -0.156. The number of carbonyl (C=O) groups is 1. The molecule has 0 bridgehead atoms. The quantitative estimate of drug-likeness (QED) is 0.838. The molecule has 0 unspecified atom stereocenters. The lowest BCUT2D eigenvalue weighted by Crippen LogP contribution is -2.45. The van der Waals surface area contributed by atoms with E-state index < -0.39 is 12.1 Å². The van der Waals surface area contributed by atoms with Gasteiger partial charge in [0.2, 0.25) is 0 Å². The minimum Gasteiger partial charge on any atom is -0.479 e. The van der Waals surface area contributed by atoms with Gasteiger partial charge in [-0.3, -0.25) is 9.69 Å². The maximum atomic E-state index is 12.0. The van der Waals surface area contributed by atoms with Crippen LogP contribution in [0.1, 0.15) is 5.82 Å². The summed E-state index contributed by atoms with van der Waals surface area (Å²) < 4.78 is 5.17. The van der Waals surface area contributed by atoms with Gasteiger partial charge in [-0.1, -0.05) is 12.1 Å². The van der Waals surface area contributed by atoms with E-state index in [1.165, 1.54) is 0 Å². The number of ether oxygens (including phenoxy) is 1. The molecule has 2 N–H and O–H groups in total. The van der Waals surface area contributed by atoms with Gasteiger partial charge in [-0.05, 0) is 12.1 Å². The molecular weight excluding hydrogens is 274 g/mol. The van der Waals surface area contributed by atoms with Gasteiger partial charge in [-0.2, -0.15) is 0 Å². The molecule has 1 aromatic heterocycles. The first-order valence-electron chi connectivity index (χ1n) is 6.68. The minimum absolute atomic E-state index is 0.182. The third-order valence-corrected chi connectivity index (χ3v) is 3.46. The van der Waals surface area contributed by atoms with Crippen molar-refractivity contribution < 1.29 is 14.6 Å². The first-order valence-corrected chi connectivity index (χ1v) is 6.68. The second-order valence-electron chi connectivity index (χ2n) is 4.96. The van der Waals surface area contributed by atoms with Crippen LogP contribution >= 0.6 is 0 Å². The molecule has 0 amide bonds. The highest BCUT2D eigenvalue weighted by molar-refractivity contribution is 5.77. The van der Waals surface area contributed by atoms with Crippen LogP contribution in [0.4, 0.5) is 0 Å². The second-order valence-corrected chi connectivity index (χ2v) is 4.96. The number of nitrogens with one attached hydrogen (secondary N) is 1. The SMILES string of the molecule is O=C(O)[C@H]1CN(Cc2nc3ccccc3c(=O)[nH]2)CCO1. The van der Waals surface area contributed by atoms with Crippen molar-refractivity contribution in [3.8, 4) is 0 Å². The van der Waals surface area contributed by atoms with E-state index in [4.69, 9.17) is 9.84 Å². The van der Waals surface area contributed by atoms with E-state index in [-0.39, 0.29) is 12.1 Å². The topological polar surface area (TPSA) is 95.5 Å². The van der Waals surface area contributed by atoms with Crippen LogP contribution in [-0.2, 0) is 16.1 Å². The van der Waals surface area contributed by atoms with Crippen molar-refractivity contribution in [3.63, 3.8) is 0 Å². The van der Waals surface area contributed by atoms with Crippen LogP contribution in [-0.4, -0.2) is 51.7 Å². The molecule has 21 heavy (non-hydrogen) atoms. The number of aromatic amines is 1. The van der Waals surface area contributed by atoms with Crippen LogP contribution in [0.2, 0.25) is 0 Å². The Bertz CT molecular complexity index is 727. The predicted octanol–water partition coefficient (Wildman–Crippen LogP) is 0.208. The molecule has 2 heterocycles. The summed E-state index contributed by atoms with van der Waals surface area (Å²) in [7, 11) is 0. The number of benzene rings is 1. The Morgan fingerprint density at radius 3 is 3.10 bits per heavy atom. The highest BCUT2D eigenvalue weighted by atomic mass is 16.5. The van der Waals surface area contributed by atoms with Gasteiger partial charge in [-0.25, -0.2) is 9.78 Å². The van der Waals surface area contributed by atoms with Gasteiger partial charge in [0.05, 0.1) is 24.1 Å². The fraction of sp³-hybridized carbons (Fsp3) is 0.357.